The standard InChI is InChI=1S/C23H27N3O3S/c1-3-15-11-17(21(28)13-20(15)27)19-14-24-23(30)26(19)16-7-8-22(29-2)18(12-16)25-9-5-4-6-10-25/h7-8,11-14,27-28H,3-6,9-10H2,1-2H3,(H,24,30). The van der Waals surface area contributed by atoms with E-state index in [-0.39, 0.29) is 11.5 Å². The molecule has 0 unspecified atom stereocenters. The van der Waals surface area contributed by atoms with Gasteiger partial charge in [0.15, 0.2) is 4.77 Å². The number of imidazole rings is 1. The van der Waals surface area contributed by atoms with Crippen molar-refractivity contribution in [3.63, 3.8) is 0 Å². The molecule has 1 aliphatic rings. The highest BCUT2D eigenvalue weighted by atomic mass is 32.1. The minimum absolute atomic E-state index is 0.0113. The number of ether oxygens (including phenoxy) is 1. The van der Waals surface area contributed by atoms with Gasteiger partial charge in [0, 0.05) is 30.9 Å². The molecule has 4 rings (SSSR count). The van der Waals surface area contributed by atoms with Gasteiger partial charge < -0.3 is 24.8 Å². The van der Waals surface area contributed by atoms with Crippen LogP contribution in [0.2, 0.25) is 0 Å². The van der Waals surface area contributed by atoms with Gasteiger partial charge >= 0.3 is 0 Å². The molecule has 3 aromatic rings. The molecule has 1 fully saturated rings. The average Bonchev–Trinajstić information content (AvgIpc) is 3.15. The van der Waals surface area contributed by atoms with Crippen LogP contribution in [0.3, 0.4) is 0 Å². The topological polar surface area (TPSA) is 73.7 Å². The molecular weight excluding hydrogens is 398 g/mol. The highest BCUT2D eigenvalue weighted by Gasteiger charge is 2.19. The van der Waals surface area contributed by atoms with Crippen LogP contribution in [0.5, 0.6) is 17.2 Å². The molecule has 0 aliphatic carbocycles. The highest BCUT2D eigenvalue weighted by molar-refractivity contribution is 7.71. The first-order valence-corrected chi connectivity index (χ1v) is 10.7. The van der Waals surface area contributed by atoms with Gasteiger partial charge in [0.1, 0.15) is 17.2 Å². The number of methoxy groups -OCH3 is 1. The number of benzene rings is 2. The molecule has 0 amide bonds. The maximum absolute atomic E-state index is 10.5. The Morgan fingerprint density at radius 1 is 1.07 bits per heavy atom. The van der Waals surface area contributed by atoms with Gasteiger partial charge in [-0.05, 0) is 67.7 Å². The minimum Gasteiger partial charge on any atom is -0.508 e. The second kappa shape index (κ2) is 8.44. The van der Waals surface area contributed by atoms with Gasteiger partial charge in [0.2, 0.25) is 0 Å². The third kappa shape index (κ3) is 3.65. The quantitative estimate of drug-likeness (QED) is 0.492. The van der Waals surface area contributed by atoms with Crippen molar-refractivity contribution >= 4 is 17.9 Å². The molecule has 0 bridgehead atoms. The van der Waals surface area contributed by atoms with E-state index in [1.54, 1.807) is 13.3 Å². The SMILES string of the molecule is CCc1cc(-c2c[nH]c(=S)n2-c2ccc(OC)c(N3CCCCC3)c2)c(O)cc1O. The van der Waals surface area contributed by atoms with E-state index in [1.807, 2.05) is 29.7 Å². The monoisotopic (exact) mass is 425 g/mol. The Balaban J connectivity index is 1.85. The number of aryl methyl sites for hydroxylation is 1. The second-order valence-electron chi connectivity index (χ2n) is 7.57. The van der Waals surface area contributed by atoms with Gasteiger partial charge in [0.05, 0.1) is 24.2 Å². The number of hydrogen-bond donors (Lipinski definition) is 3. The smallest absolute Gasteiger partial charge is 0.182 e. The van der Waals surface area contributed by atoms with Crippen molar-refractivity contribution in [1.82, 2.24) is 9.55 Å². The fraction of sp³-hybridized carbons (Fsp3) is 0.348. The van der Waals surface area contributed by atoms with E-state index in [2.05, 4.69) is 16.0 Å². The van der Waals surface area contributed by atoms with Gasteiger partial charge in [-0.1, -0.05) is 6.92 Å². The van der Waals surface area contributed by atoms with E-state index in [9.17, 15) is 10.2 Å². The second-order valence-corrected chi connectivity index (χ2v) is 7.96. The van der Waals surface area contributed by atoms with E-state index >= 15 is 0 Å². The van der Waals surface area contributed by atoms with Crippen molar-refractivity contribution in [2.45, 2.75) is 32.6 Å². The molecule has 30 heavy (non-hydrogen) atoms. The van der Waals surface area contributed by atoms with Crippen LogP contribution in [-0.2, 0) is 6.42 Å². The van der Waals surface area contributed by atoms with Crippen LogP contribution < -0.4 is 9.64 Å². The number of piperidine rings is 1. The largest absolute Gasteiger partial charge is 0.508 e. The fourth-order valence-corrected chi connectivity index (χ4v) is 4.40. The number of phenols is 2. The number of nitrogens with zero attached hydrogens (tertiary/aromatic N) is 2. The molecule has 1 saturated heterocycles. The number of anilines is 1. The molecule has 158 valence electrons. The molecule has 2 aromatic carbocycles. The van der Waals surface area contributed by atoms with Gasteiger partial charge in [-0.3, -0.25) is 4.57 Å². The lowest BCUT2D eigenvalue weighted by atomic mass is 10.0. The summed E-state index contributed by atoms with van der Waals surface area (Å²) >= 11 is 5.58. The first kappa shape index (κ1) is 20.3. The third-order valence-electron chi connectivity index (χ3n) is 5.75. The van der Waals surface area contributed by atoms with Crippen LogP contribution >= 0.6 is 12.2 Å². The highest BCUT2D eigenvalue weighted by Crippen LogP contribution is 2.38. The molecule has 0 atom stereocenters. The number of rotatable bonds is 5. The number of phenolic OH excluding ortho intramolecular Hbond substituents is 2. The fourth-order valence-electron chi connectivity index (χ4n) is 4.13. The first-order chi connectivity index (χ1) is 14.5. The van der Waals surface area contributed by atoms with Gasteiger partial charge in [-0.25, -0.2) is 0 Å². The maximum atomic E-state index is 10.5. The predicted octanol–water partition coefficient (Wildman–Crippen LogP) is 5.17. The van der Waals surface area contributed by atoms with E-state index < -0.39 is 0 Å². The Morgan fingerprint density at radius 2 is 1.83 bits per heavy atom. The van der Waals surface area contributed by atoms with E-state index in [4.69, 9.17) is 17.0 Å². The van der Waals surface area contributed by atoms with Crippen molar-refractivity contribution < 1.29 is 14.9 Å². The molecule has 2 heterocycles. The Labute approximate surface area is 181 Å². The summed E-state index contributed by atoms with van der Waals surface area (Å²) < 4.78 is 8.07. The summed E-state index contributed by atoms with van der Waals surface area (Å²) in [6, 6.07) is 9.23. The number of nitrogens with one attached hydrogen (secondary N) is 1. The normalized spacial score (nSPS) is 14.1. The summed E-state index contributed by atoms with van der Waals surface area (Å²) in [5.74, 6) is 0.943. The maximum Gasteiger partial charge on any atom is 0.182 e. The summed E-state index contributed by atoms with van der Waals surface area (Å²) in [7, 11) is 1.69. The molecule has 0 radical (unpaired) electrons. The molecule has 3 N–H and O–H groups in total. The van der Waals surface area contributed by atoms with Crippen LogP contribution in [0, 0.1) is 4.77 Å². The van der Waals surface area contributed by atoms with Gasteiger partial charge in [-0.2, -0.15) is 0 Å². The van der Waals surface area contributed by atoms with Crippen molar-refractivity contribution in [3.05, 3.63) is 46.9 Å². The molecule has 7 heteroatoms. The number of aromatic nitrogens is 2. The lowest BCUT2D eigenvalue weighted by Crippen LogP contribution is -2.29. The van der Waals surface area contributed by atoms with Crippen molar-refractivity contribution in [2.75, 3.05) is 25.1 Å². The summed E-state index contributed by atoms with van der Waals surface area (Å²) in [5.41, 5.74) is 4.07. The van der Waals surface area contributed by atoms with Gasteiger partial charge in [0.25, 0.3) is 0 Å². The molecule has 0 saturated carbocycles. The Morgan fingerprint density at radius 3 is 2.53 bits per heavy atom. The van der Waals surface area contributed by atoms with Crippen LogP contribution in [0.4, 0.5) is 5.69 Å². The van der Waals surface area contributed by atoms with Crippen LogP contribution in [-0.4, -0.2) is 40.0 Å². The molecule has 0 spiro atoms. The molecule has 6 nitrogen and oxygen atoms in total. The van der Waals surface area contributed by atoms with Gasteiger partial charge in [-0.15, -0.1) is 0 Å². The summed E-state index contributed by atoms with van der Waals surface area (Å²) in [6.07, 6.45) is 6.04. The third-order valence-corrected chi connectivity index (χ3v) is 6.05. The number of H-pyrrole nitrogens is 1. The Kier molecular flexibility index (Phi) is 5.72. The number of hydrogen-bond acceptors (Lipinski definition) is 5. The Bertz CT molecular complexity index is 1110. The van der Waals surface area contributed by atoms with Crippen LogP contribution in [0.15, 0.2) is 36.5 Å². The number of aromatic hydroxyl groups is 2. The van der Waals surface area contributed by atoms with Crippen molar-refractivity contribution in [2.24, 2.45) is 0 Å². The molecule has 1 aromatic heterocycles. The van der Waals surface area contributed by atoms with E-state index in [0.717, 1.165) is 41.5 Å². The van der Waals surface area contributed by atoms with Crippen LogP contribution in [0.1, 0.15) is 31.7 Å². The average molecular weight is 426 g/mol. The summed E-state index contributed by atoms with van der Waals surface area (Å²) in [5, 5.41) is 20.6. The number of aromatic amines is 1. The van der Waals surface area contributed by atoms with E-state index in [1.165, 1.54) is 25.3 Å². The predicted molar refractivity (Wildman–Crippen MR) is 122 cm³/mol. The van der Waals surface area contributed by atoms with Crippen molar-refractivity contribution in [1.29, 1.82) is 0 Å². The van der Waals surface area contributed by atoms with Crippen LogP contribution in [0.25, 0.3) is 16.9 Å². The zero-order valence-electron chi connectivity index (χ0n) is 17.3. The van der Waals surface area contributed by atoms with Crippen molar-refractivity contribution in [3.8, 4) is 34.2 Å². The lowest BCUT2D eigenvalue weighted by Gasteiger charge is -2.30. The van der Waals surface area contributed by atoms with E-state index in [0.29, 0.717) is 16.8 Å². The first-order valence-electron chi connectivity index (χ1n) is 10.3. The molecular formula is C23H27N3O3S. The zero-order chi connectivity index (χ0) is 21.3. The Hall–Kier alpha value is -2.93. The summed E-state index contributed by atoms with van der Waals surface area (Å²) in [4.78, 5) is 5.46. The lowest BCUT2D eigenvalue weighted by molar-refractivity contribution is 0.412. The zero-order valence-corrected chi connectivity index (χ0v) is 18.1. The molecule has 1 aliphatic heterocycles. The summed E-state index contributed by atoms with van der Waals surface area (Å²) in [6.45, 7) is 3.97. The minimum atomic E-state index is 0.0113.